The van der Waals surface area contributed by atoms with E-state index in [1.165, 1.54) is 43.5 Å². The molecule has 0 fully saturated rings. The first-order valence-electron chi connectivity index (χ1n) is 8.64. The third-order valence-corrected chi connectivity index (χ3v) is 3.94. The zero-order valence-electron chi connectivity index (χ0n) is 14.5. The van der Waals surface area contributed by atoms with Gasteiger partial charge in [-0.3, -0.25) is 0 Å². The van der Waals surface area contributed by atoms with Crippen LogP contribution in [-0.2, 0) is 6.42 Å². The van der Waals surface area contributed by atoms with Crippen LogP contribution in [0.15, 0.2) is 24.3 Å². The van der Waals surface area contributed by atoms with Gasteiger partial charge in [0, 0.05) is 19.3 Å². The van der Waals surface area contributed by atoms with E-state index in [0.717, 1.165) is 25.4 Å². The molecule has 0 aliphatic carbocycles. The lowest BCUT2D eigenvalue weighted by molar-refractivity contribution is 0.526. The summed E-state index contributed by atoms with van der Waals surface area (Å²) in [4.78, 5) is 2.37. The van der Waals surface area contributed by atoms with Crippen LogP contribution in [0.4, 0.5) is 5.69 Å². The van der Waals surface area contributed by atoms with Gasteiger partial charge in [-0.1, -0.05) is 45.7 Å². The van der Waals surface area contributed by atoms with Crippen molar-refractivity contribution in [1.29, 1.82) is 0 Å². The van der Waals surface area contributed by atoms with E-state index >= 15 is 0 Å². The Kier molecular flexibility index (Phi) is 9.16. The van der Waals surface area contributed by atoms with Crippen LogP contribution >= 0.6 is 0 Å². The van der Waals surface area contributed by atoms with Crippen molar-refractivity contribution in [1.82, 2.24) is 5.32 Å². The maximum Gasteiger partial charge on any atom is 0.0363 e. The summed E-state index contributed by atoms with van der Waals surface area (Å²) in [6.45, 7) is 10.2. The molecular formula is C19H34N2. The van der Waals surface area contributed by atoms with E-state index in [0.29, 0.717) is 0 Å². The van der Waals surface area contributed by atoms with Crippen molar-refractivity contribution in [2.45, 2.75) is 52.9 Å². The van der Waals surface area contributed by atoms with Gasteiger partial charge in [0.15, 0.2) is 0 Å². The number of anilines is 1. The Labute approximate surface area is 131 Å². The molecule has 0 aliphatic heterocycles. The smallest absolute Gasteiger partial charge is 0.0363 e. The van der Waals surface area contributed by atoms with E-state index < -0.39 is 0 Å². The van der Waals surface area contributed by atoms with E-state index in [1.807, 2.05) is 0 Å². The molecule has 0 spiro atoms. The van der Waals surface area contributed by atoms with Gasteiger partial charge in [0.2, 0.25) is 0 Å². The molecule has 21 heavy (non-hydrogen) atoms. The maximum absolute atomic E-state index is 3.51. The molecule has 2 heteroatoms. The fourth-order valence-corrected chi connectivity index (χ4v) is 2.46. The number of rotatable bonds is 11. The summed E-state index contributed by atoms with van der Waals surface area (Å²) in [6, 6.07) is 8.97. The van der Waals surface area contributed by atoms with Crippen molar-refractivity contribution in [3.63, 3.8) is 0 Å². The molecule has 0 atom stereocenters. The van der Waals surface area contributed by atoms with Gasteiger partial charge in [0.25, 0.3) is 0 Å². The normalized spacial score (nSPS) is 11.1. The van der Waals surface area contributed by atoms with Gasteiger partial charge >= 0.3 is 0 Å². The highest BCUT2D eigenvalue weighted by Gasteiger charge is 2.00. The van der Waals surface area contributed by atoms with Crippen LogP contribution in [0.3, 0.4) is 0 Å². The van der Waals surface area contributed by atoms with Gasteiger partial charge in [0.05, 0.1) is 0 Å². The monoisotopic (exact) mass is 290 g/mol. The van der Waals surface area contributed by atoms with Crippen molar-refractivity contribution in [3.8, 4) is 0 Å². The average Bonchev–Trinajstić information content (AvgIpc) is 2.49. The van der Waals surface area contributed by atoms with Crippen molar-refractivity contribution >= 4 is 5.69 Å². The Bertz CT molecular complexity index is 356. The molecule has 0 amide bonds. The first kappa shape index (κ1) is 18.0. The van der Waals surface area contributed by atoms with Crippen LogP contribution in [0.25, 0.3) is 0 Å². The van der Waals surface area contributed by atoms with Crippen molar-refractivity contribution in [2.24, 2.45) is 5.92 Å². The van der Waals surface area contributed by atoms with Crippen LogP contribution < -0.4 is 10.2 Å². The molecule has 1 N–H and O–H groups in total. The number of nitrogens with one attached hydrogen (secondary N) is 1. The minimum atomic E-state index is 0.762. The summed E-state index contributed by atoms with van der Waals surface area (Å²) >= 11 is 0. The van der Waals surface area contributed by atoms with Crippen LogP contribution in [-0.4, -0.2) is 26.7 Å². The average molecular weight is 290 g/mol. The molecule has 1 rings (SSSR count). The fraction of sp³-hybridized carbons (Fsp3) is 0.684. The number of hydrogen-bond acceptors (Lipinski definition) is 2. The molecule has 0 unspecified atom stereocenters. The minimum absolute atomic E-state index is 0.762. The van der Waals surface area contributed by atoms with Gasteiger partial charge in [-0.15, -0.1) is 0 Å². The Morgan fingerprint density at radius 1 is 1.00 bits per heavy atom. The molecule has 0 saturated carbocycles. The van der Waals surface area contributed by atoms with Crippen LogP contribution in [0, 0.1) is 5.92 Å². The molecule has 0 aliphatic rings. The molecule has 0 bridgehead atoms. The fourth-order valence-electron chi connectivity index (χ4n) is 2.46. The molecule has 1 aromatic rings. The number of nitrogens with zero attached hydrogens (tertiary/aromatic N) is 1. The van der Waals surface area contributed by atoms with E-state index in [1.54, 1.807) is 0 Å². The number of hydrogen-bond donors (Lipinski definition) is 1. The minimum Gasteiger partial charge on any atom is -0.375 e. The second-order valence-corrected chi connectivity index (χ2v) is 6.45. The summed E-state index contributed by atoms with van der Waals surface area (Å²) in [5.74, 6) is 0.762. The Balaban J connectivity index is 2.06. The summed E-state index contributed by atoms with van der Waals surface area (Å²) in [7, 11) is 2.20. The summed E-state index contributed by atoms with van der Waals surface area (Å²) in [6.07, 6.45) is 6.39. The third kappa shape index (κ3) is 8.11. The highest BCUT2D eigenvalue weighted by molar-refractivity contribution is 5.46. The second kappa shape index (κ2) is 10.7. The molecule has 0 aromatic heterocycles. The lowest BCUT2D eigenvalue weighted by Gasteiger charge is -2.19. The zero-order valence-corrected chi connectivity index (χ0v) is 14.5. The largest absolute Gasteiger partial charge is 0.375 e. The van der Waals surface area contributed by atoms with Gasteiger partial charge in [0.1, 0.15) is 0 Å². The van der Waals surface area contributed by atoms with Gasteiger partial charge < -0.3 is 10.2 Å². The topological polar surface area (TPSA) is 15.3 Å². The first-order valence-corrected chi connectivity index (χ1v) is 8.64. The standard InChI is InChI=1S/C19H34N2/c1-5-18-10-12-19(13-11-18)21(4)15-9-7-6-8-14-20-16-17(2)3/h10-13,17,20H,5-9,14-16H2,1-4H3. The van der Waals surface area contributed by atoms with Gasteiger partial charge in [-0.25, -0.2) is 0 Å². The SMILES string of the molecule is CCc1ccc(N(C)CCCCCCNCC(C)C)cc1. The molecular weight excluding hydrogens is 256 g/mol. The quantitative estimate of drug-likeness (QED) is 0.604. The van der Waals surface area contributed by atoms with Crippen LogP contribution in [0.2, 0.25) is 0 Å². The van der Waals surface area contributed by atoms with Gasteiger partial charge in [-0.2, -0.15) is 0 Å². The molecule has 0 radical (unpaired) electrons. The van der Waals surface area contributed by atoms with E-state index in [2.05, 4.69) is 62.3 Å². The predicted molar refractivity (Wildman–Crippen MR) is 95.3 cm³/mol. The summed E-state index contributed by atoms with van der Waals surface area (Å²) < 4.78 is 0. The molecule has 120 valence electrons. The number of unbranched alkanes of at least 4 members (excludes halogenated alkanes) is 3. The second-order valence-electron chi connectivity index (χ2n) is 6.45. The van der Waals surface area contributed by atoms with E-state index in [-0.39, 0.29) is 0 Å². The lowest BCUT2D eigenvalue weighted by atomic mass is 10.1. The van der Waals surface area contributed by atoms with E-state index in [4.69, 9.17) is 0 Å². The van der Waals surface area contributed by atoms with Crippen molar-refractivity contribution in [3.05, 3.63) is 29.8 Å². The van der Waals surface area contributed by atoms with Gasteiger partial charge in [-0.05, 0) is 56.0 Å². The van der Waals surface area contributed by atoms with E-state index in [9.17, 15) is 0 Å². The molecule has 0 saturated heterocycles. The number of benzene rings is 1. The predicted octanol–water partition coefficient (Wildman–Crippen LogP) is 4.49. The molecule has 0 heterocycles. The van der Waals surface area contributed by atoms with Crippen molar-refractivity contribution in [2.75, 3.05) is 31.6 Å². The Morgan fingerprint density at radius 3 is 2.29 bits per heavy atom. The highest BCUT2D eigenvalue weighted by atomic mass is 15.1. The van der Waals surface area contributed by atoms with Crippen LogP contribution in [0.5, 0.6) is 0 Å². The third-order valence-electron chi connectivity index (χ3n) is 3.94. The lowest BCUT2D eigenvalue weighted by Crippen LogP contribution is -2.21. The summed E-state index contributed by atoms with van der Waals surface area (Å²) in [5.41, 5.74) is 2.76. The maximum atomic E-state index is 3.51. The first-order chi connectivity index (χ1) is 10.1. The number of aryl methyl sites for hydroxylation is 1. The highest BCUT2D eigenvalue weighted by Crippen LogP contribution is 2.15. The molecule has 1 aromatic carbocycles. The Hall–Kier alpha value is -1.02. The summed E-state index contributed by atoms with van der Waals surface area (Å²) in [5, 5.41) is 3.51. The molecule has 2 nitrogen and oxygen atoms in total. The van der Waals surface area contributed by atoms with Crippen LogP contribution in [0.1, 0.15) is 52.0 Å². The van der Waals surface area contributed by atoms with Crippen molar-refractivity contribution < 1.29 is 0 Å². The Morgan fingerprint density at radius 2 is 1.67 bits per heavy atom. The zero-order chi connectivity index (χ0) is 15.5.